The maximum absolute atomic E-state index is 13.7. The van der Waals surface area contributed by atoms with E-state index in [-0.39, 0.29) is 18.3 Å². The summed E-state index contributed by atoms with van der Waals surface area (Å²) in [6.07, 6.45) is 3.19. The molecular formula is C19H13ClFN3OS. The number of hydrogen-bond acceptors (Lipinski definition) is 3. The summed E-state index contributed by atoms with van der Waals surface area (Å²) in [6.45, 7) is 0.284. The van der Waals surface area contributed by atoms with E-state index in [4.69, 9.17) is 11.6 Å². The monoisotopic (exact) mass is 385 g/mol. The zero-order chi connectivity index (χ0) is 18.1. The molecule has 0 aliphatic rings. The largest absolute Gasteiger partial charge is 0.319 e. The summed E-state index contributed by atoms with van der Waals surface area (Å²) in [6, 6.07) is 14.1. The topological polar surface area (TPSA) is 46.9 Å². The highest BCUT2D eigenvalue weighted by Gasteiger charge is 2.17. The fourth-order valence-corrected chi connectivity index (χ4v) is 4.08. The summed E-state index contributed by atoms with van der Waals surface area (Å²) >= 11 is 7.68. The predicted molar refractivity (Wildman–Crippen MR) is 103 cm³/mol. The van der Waals surface area contributed by atoms with Crippen LogP contribution in [0.1, 0.15) is 15.2 Å². The van der Waals surface area contributed by atoms with Crippen molar-refractivity contribution in [3.63, 3.8) is 0 Å². The normalized spacial score (nSPS) is 11.0. The minimum Gasteiger partial charge on any atom is -0.319 e. The lowest BCUT2D eigenvalue weighted by Gasteiger charge is -2.03. The van der Waals surface area contributed by atoms with Crippen molar-refractivity contribution in [3.8, 4) is 0 Å². The Hall–Kier alpha value is -2.70. The number of halogens is 2. The second-order valence-corrected chi connectivity index (χ2v) is 7.14. The number of nitrogens with zero attached hydrogens (tertiary/aromatic N) is 2. The van der Waals surface area contributed by atoms with E-state index in [0.29, 0.717) is 21.2 Å². The molecule has 0 spiro atoms. The Bertz CT molecular complexity index is 1110. The summed E-state index contributed by atoms with van der Waals surface area (Å²) in [5, 5.41) is 8.27. The molecule has 0 radical (unpaired) electrons. The number of rotatable bonds is 4. The number of nitrogens with one attached hydrogen (secondary N) is 1. The molecule has 0 atom stereocenters. The van der Waals surface area contributed by atoms with Crippen LogP contribution < -0.4 is 5.32 Å². The van der Waals surface area contributed by atoms with Crippen LogP contribution in [0.4, 0.5) is 10.1 Å². The molecule has 0 aliphatic carbocycles. The first-order valence-electron chi connectivity index (χ1n) is 7.86. The van der Waals surface area contributed by atoms with Crippen LogP contribution in [0.15, 0.2) is 60.9 Å². The lowest BCUT2D eigenvalue weighted by molar-refractivity contribution is 0.103. The molecule has 0 unspecified atom stereocenters. The fraction of sp³-hybridized carbons (Fsp3) is 0.0526. The molecule has 1 amide bonds. The highest BCUT2D eigenvalue weighted by molar-refractivity contribution is 7.21. The van der Waals surface area contributed by atoms with Gasteiger partial charge in [0, 0.05) is 21.8 Å². The Kier molecular flexibility index (Phi) is 4.44. The SMILES string of the molecule is O=C(Nc1cnn(Cc2ccccc2F)c1)c1sc2ccccc2c1Cl. The average Bonchev–Trinajstić information content (AvgIpc) is 3.22. The zero-order valence-corrected chi connectivity index (χ0v) is 15.0. The van der Waals surface area contributed by atoms with E-state index in [1.165, 1.54) is 23.6 Å². The minimum atomic E-state index is -0.290. The maximum atomic E-state index is 13.7. The third-order valence-corrected chi connectivity index (χ3v) is 5.60. The molecular weight excluding hydrogens is 373 g/mol. The molecule has 0 bridgehead atoms. The van der Waals surface area contributed by atoms with Gasteiger partial charge in [0.1, 0.15) is 10.7 Å². The Morgan fingerprint density at radius 2 is 1.96 bits per heavy atom. The molecule has 2 heterocycles. The quantitative estimate of drug-likeness (QED) is 0.525. The van der Waals surface area contributed by atoms with Crippen LogP contribution in [0.5, 0.6) is 0 Å². The minimum absolute atomic E-state index is 0.284. The number of aromatic nitrogens is 2. The van der Waals surface area contributed by atoms with Crippen LogP contribution in [0.2, 0.25) is 5.02 Å². The third-order valence-electron chi connectivity index (χ3n) is 3.92. The van der Waals surface area contributed by atoms with Gasteiger partial charge in [0.15, 0.2) is 0 Å². The molecule has 0 saturated heterocycles. The summed E-state index contributed by atoms with van der Waals surface area (Å²) in [5.74, 6) is -0.577. The van der Waals surface area contributed by atoms with Crippen LogP contribution >= 0.6 is 22.9 Å². The van der Waals surface area contributed by atoms with Gasteiger partial charge in [0.2, 0.25) is 0 Å². The third kappa shape index (κ3) is 3.21. The van der Waals surface area contributed by atoms with Gasteiger partial charge in [0.05, 0.1) is 23.5 Å². The fourth-order valence-electron chi connectivity index (χ4n) is 2.66. The first-order chi connectivity index (χ1) is 12.6. The highest BCUT2D eigenvalue weighted by atomic mass is 35.5. The van der Waals surface area contributed by atoms with Crippen LogP contribution in [0.3, 0.4) is 0 Å². The van der Waals surface area contributed by atoms with Gasteiger partial charge in [-0.1, -0.05) is 48.0 Å². The van der Waals surface area contributed by atoms with Crippen molar-refractivity contribution in [3.05, 3.63) is 82.2 Å². The van der Waals surface area contributed by atoms with Crippen molar-refractivity contribution >= 4 is 44.6 Å². The first-order valence-corrected chi connectivity index (χ1v) is 9.05. The average molecular weight is 386 g/mol. The molecule has 26 heavy (non-hydrogen) atoms. The van der Waals surface area contributed by atoms with Gasteiger partial charge in [0.25, 0.3) is 5.91 Å². The van der Waals surface area contributed by atoms with E-state index < -0.39 is 0 Å². The molecule has 2 aromatic heterocycles. The Labute approximate surface area is 157 Å². The highest BCUT2D eigenvalue weighted by Crippen LogP contribution is 2.35. The summed E-state index contributed by atoms with van der Waals surface area (Å²) < 4.78 is 16.3. The lowest BCUT2D eigenvalue weighted by Crippen LogP contribution is -2.10. The Morgan fingerprint density at radius 3 is 2.77 bits per heavy atom. The number of carbonyl (C=O) groups excluding carboxylic acids is 1. The van der Waals surface area contributed by atoms with Crippen molar-refractivity contribution < 1.29 is 9.18 Å². The number of benzene rings is 2. The molecule has 4 nitrogen and oxygen atoms in total. The number of carbonyl (C=O) groups is 1. The van der Waals surface area contributed by atoms with Crippen LogP contribution in [-0.2, 0) is 6.54 Å². The first kappa shape index (κ1) is 16.8. The van der Waals surface area contributed by atoms with E-state index >= 15 is 0 Å². The molecule has 0 aliphatic heterocycles. The number of amides is 1. The van der Waals surface area contributed by atoms with E-state index in [2.05, 4.69) is 10.4 Å². The maximum Gasteiger partial charge on any atom is 0.267 e. The summed E-state index contributed by atoms with van der Waals surface area (Å²) in [5.41, 5.74) is 1.06. The van der Waals surface area contributed by atoms with Crippen molar-refractivity contribution in [2.75, 3.05) is 5.32 Å². The van der Waals surface area contributed by atoms with Gasteiger partial charge in [-0.15, -0.1) is 11.3 Å². The lowest BCUT2D eigenvalue weighted by atomic mass is 10.2. The Morgan fingerprint density at radius 1 is 1.19 bits per heavy atom. The van der Waals surface area contributed by atoms with E-state index in [1.54, 1.807) is 29.1 Å². The molecule has 0 fully saturated rings. The van der Waals surface area contributed by atoms with Gasteiger partial charge in [-0.05, 0) is 12.1 Å². The van der Waals surface area contributed by atoms with Gasteiger partial charge < -0.3 is 5.32 Å². The van der Waals surface area contributed by atoms with Gasteiger partial charge >= 0.3 is 0 Å². The summed E-state index contributed by atoms with van der Waals surface area (Å²) in [4.78, 5) is 13.0. The molecule has 4 aromatic rings. The van der Waals surface area contributed by atoms with Crippen LogP contribution in [0, 0.1) is 5.82 Å². The predicted octanol–water partition coefficient (Wildman–Crippen LogP) is 5.19. The van der Waals surface area contributed by atoms with Crippen LogP contribution in [0.25, 0.3) is 10.1 Å². The van der Waals surface area contributed by atoms with E-state index in [1.807, 2.05) is 24.3 Å². The van der Waals surface area contributed by atoms with Crippen LogP contribution in [-0.4, -0.2) is 15.7 Å². The number of thiophene rings is 1. The van der Waals surface area contributed by atoms with Crippen molar-refractivity contribution in [2.24, 2.45) is 0 Å². The second-order valence-electron chi connectivity index (χ2n) is 5.71. The molecule has 2 aromatic carbocycles. The number of fused-ring (bicyclic) bond motifs is 1. The summed E-state index contributed by atoms with van der Waals surface area (Å²) in [7, 11) is 0. The van der Waals surface area contributed by atoms with Gasteiger partial charge in [-0.25, -0.2) is 4.39 Å². The molecule has 130 valence electrons. The van der Waals surface area contributed by atoms with Crippen molar-refractivity contribution in [2.45, 2.75) is 6.54 Å². The zero-order valence-electron chi connectivity index (χ0n) is 13.4. The van der Waals surface area contributed by atoms with Gasteiger partial charge in [-0.3, -0.25) is 9.48 Å². The van der Waals surface area contributed by atoms with Gasteiger partial charge in [-0.2, -0.15) is 5.10 Å². The molecule has 1 N–H and O–H groups in total. The number of hydrogen-bond donors (Lipinski definition) is 1. The van der Waals surface area contributed by atoms with Crippen molar-refractivity contribution in [1.82, 2.24) is 9.78 Å². The number of anilines is 1. The standard InChI is InChI=1S/C19H13ClFN3OS/c20-17-14-6-2-4-8-16(14)26-18(17)19(25)23-13-9-22-24(11-13)10-12-5-1-3-7-15(12)21/h1-9,11H,10H2,(H,23,25). The van der Waals surface area contributed by atoms with E-state index in [0.717, 1.165) is 10.1 Å². The Balaban J connectivity index is 1.52. The van der Waals surface area contributed by atoms with Crippen molar-refractivity contribution in [1.29, 1.82) is 0 Å². The van der Waals surface area contributed by atoms with E-state index in [9.17, 15) is 9.18 Å². The molecule has 0 saturated carbocycles. The second kappa shape index (κ2) is 6.90. The molecule has 7 heteroatoms. The smallest absolute Gasteiger partial charge is 0.267 e. The molecule has 4 rings (SSSR count).